The molecule has 21 heavy (non-hydrogen) atoms. The predicted molar refractivity (Wildman–Crippen MR) is 76.8 cm³/mol. The van der Waals surface area contributed by atoms with Crippen LogP contribution < -0.4 is 9.47 Å². The molecule has 1 aliphatic rings. The van der Waals surface area contributed by atoms with Gasteiger partial charge in [0.15, 0.2) is 0 Å². The van der Waals surface area contributed by atoms with Crippen molar-refractivity contribution in [3.63, 3.8) is 0 Å². The fourth-order valence-corrected chi connectivity index (χ4v) is 2.79. The van der Waals surface area contributed by atoms with Gasteiger partial charge in [-0.3, -0.25) is 0 Å². The van der Waals surface area contributed by atoms with Gasteiger partial charge in [0.05, 0.1) is 19.8 Å². The van der Waals surface area contributed by atoms with Crippen molar-refractivity contribution in [2.45, 2.75) is 19.6 Å². The van der Waals surface area contributed by atoms with Gasteiger partial charge in [0, 0.05) is 23.3 Å². The van der Waals surface area contributed by atoms with Crippen LogP contribution in [-0.2, 0) is 10.5 Å². The van der Waals surface area contributed by atoms with E-state index in [0.717, 1.165) is 10.9 Å². The van der Waals surface area contributed by atoms with Crippen LogP contribution in [-0.4, -0.2) is 25.3 Å². The highest BCUT2D eigenvalue weighted by atomic mass is 16.7. The fourth-order valence-electron chi connectivity index (χ4n) is 2.79. The number of aliphatic hydroxyl groups is 1. The number of hydrogen-bond acceptors (Lipinski definition) is 5. The van der Waals surface area contributed by atoms with Crippen LogP contribution in [0.5, 0.6) is 11.5 Å². The smallest absolute Gasteiger partial charge is 0.342 e. The molecule has 1 heterocycles. The summed E-state index contributed by atoms with van der Waals surface area (Å²) in [5, 5.41) is 11.7. The van der Waals surface area contributed by atoms with E-state index in [1.165, 1.54) is 6.92 Å². The molecule has 1 N–H and O–H groups in total. The summed E-state index contributed by atoms with van der Waals surface area (Å²) in [5.74, 6) is -0.953. The van der Waals surface area contributed by atoms with Gasteiger partial charge >= 0.3 is 5.97 Å². The normalized spacial score (nSPS) is 20.3. The maximum atomic E-state index is 12.1. The highest BCUT2D eigenvalue weighted by molar-refractivity contribution is 6.10. The monoisotopic (exact) mass is 288 g/mol. The Balaban J connectivity index is 2.47. The van der Waals surface area contributed by atoms with Crippen LogP contribution in [0.1, 0.15) is 28.4 Å². The van der Waals surface area contributed by atoms with Crippen molar-refractivity contribution in [2.24, 2.45) is 0 Å². The Morgan fingerprint density at radius 2 is 1.76 bits per heavy atom. The van der Waals surface area contributed by atoms with Crippen LogP contribution in [0.4, 0.5) is 0 Å². The molecule has 0 fully saturated rings. The topological polar surface area (TPSA) is 65.0 Å². The van der Waals surface area contributed by atoms with Crippen LogP contribution in [0.3, 0.4) is 0 Å². The van der Waals surface area contributed by atoms with Crippen molar-refractivity contribution < 1.29 is 24.1 Å². The molecule has 0 aliphatic carbocycles. The number of cyclic esters (lactones) is 1. The average Bonchev–Trinajstić information content (AvgIpc) is 2.66. The summed E-state index contributed by atoms with van der Waals surface area (Å²) in [5.41, 5.74) is 1.69. The van der Waals surface area contributed by atoms with E-state index < -0.39 is 11.8 Å². The van der Waals surface area contributed by atoms with Gasteiger partial charge in [-0.15, -0.1) is 0 Å². The Hall–Kier alpha value is -2.27. The number of benzene rings is 2. The van der Waals surface area contributed by atoms with Gasteiger partial charge < -0.3 is 19.3 Å². The highest BCUT2D eigenvalue weighted by Crippen LogP contribution is 2.43. The van der Waals surface area contributed by atoms with E-state index in [1.807, 2.05) is 13.0 Å². The molecule has 2 aromatic carbocycles. The minimum Gasteiger partial charge on any atom is -0.496 e. The highest BCUT2D eigenvalue weighted by Gasteiger charge is 2.42. The van der Waals surface area contributed by atoms with Crippen LogP contribution in [0, 0.1) is 6.92 Å². The molecule has 2 aromatic rings. The molecule has 1 atom stereocenters. The van der Waals surface area contributed by atoms with E-state index in [0.29, 0.717) is 28.0 Å². The lowest BCUT2D eigenvalue weighted by Crippen LogP contribution is -2.20. The number of hydrogen-bond donors (Lipinski definition) is 1. The molecular weight excluding hydrogens is 272 g/mol. The summed E-state index contributed by atoms with van der Waals surface area (Å²) >= 11 is 0. The Bertz CT molecular complexity index is 761. The molecule has 1 aliphatic heterocycles. The van der Waals surface area contributed by atoms with Gasteiger partial charge in [-0.05, 0) is 30.7 Å². The Kier molecular flexibility index (Phi) is 2.85. The Morgan fingerprint density at radius 3 is 2.38 bits per heavy atom. The predicted octanol–water partition coefficient (Wildman–Crippen LogP) is 2.50. The number of rotatable bonds is 2. The number of carbonyl (C=O) groups is 1. The summed E-state index contributed by atoms with van der Waals surface area (Å²) in [6, 6.07) is 5.32. The standard InChI is InChI=1S/C16H16O5/c1-8-5-9-10(6-12(8)19-3)14-11(7-13(9)20-4)16(2,18)21-15(14)17/h5-7,18H,1-4H3/t16-/m1/s1. The van der Waals surface area contributed by atoms with E-state index in [-0.39, 0.29) is 0 Å². The number of carbonyl (C=O) groups excluding carboxylic acids is 1. The van der Waals surface area contributed by atoms with Crippen molar-refractivity contribution in [1.82, 2.24) is 0 Å². The van der Waals surface area contributed by atoms with Gasteiger partial charge in [0.1, 0.15) is 11.5 Å². The number of methoxy groups -OCH3 is 2. The third kappa shape index (κ3) is 1.85. The average molecular weight is 288 g/mol. The lowest BCUT2D eigenvalue weighted by Gasteiger charge is -2.17. The van der Waals surface area contributed by atoms with Crippen molar-refractivity contribution in [3.05, 3.63) is 34.9 Å². The molecule has 110 valence electrons. The second kappa shape index (κ2) is 4.36. The molecule has 0 saturated heterocycles. The molecule has 5 heteroatoms. The number of fused-ring (bicyclic) bond motifs is 3. The maximum Gasteiger partial charge on any atom is 0.342 e. The van der Waals surface area contributed by atoms with Crippen molar-refractivity contribution >= 4 is 16.7 Å². The summed E-state index contributed by atoms with van der Waals surface area (Å²) in [6.07, 6.45) is 0. The first-order valence-corrected chi connectivity index (χ1v) is 6.54. The molecule has 5 nitrogen and oxygen atoms in total. The molecule has 0 bridgehead atoms. The summed E-state index contributed by atoms with van der Waals surface area (Å²) in [7, 11) is 3.12. The van der Waals surface area contributed by atoms with E-state index >= 15 is 0 Å². The molecule has 0 unspecified atom stereocenters. The SMILES string of the molecule is COc1cc2c3c(cc(OC)c2cc1C)[C@](C)(O)OC3=O. The van der Waals surface area contributed by atoms with Gasteiger partial charge in [-0.25, -0.2) is 4.79 Å². The summed E-state index contributed by atoms with van der Waals surface area (Å²) in [6.45, 7) is 3.35. The van der Waals surface area contributed by atoms with Crippen LogP contribution in [0.2, 0.25) is 0 Å². The molecular formula is C16H16O5. The van der Waals surface area contributed by atoms with Gasteiger partial charge in [-0.2, -0.15) is 0 Å². The quantitative estimate of drug-likeness (QED) is 0.860. The van der Waals surface area contributed by atoms with Gasteiger partial charge in [0.25, 0.3) is 0 Å². The zero-order chi connectivity index (χ0) is 15.4. The zero-order valence-electron chi connectivity index (χ0n) is 12.3. The molecule has 0 radical (unpaired) electrons. The number of esters is 1. The summed E-state index contributed by atoms with van der Waals surface area (Å²) < 4.78 is 15.8. The number of ether oxygens (including phenoxy) is 3. The molecule has 3 rings (SSSR count). The Morgan fingerprint density at radius 1 is 1.10 bits per heavy atom. The third-order valence-corrected chi connectivity index (χ3v) is 3.83. The number of aryl methyl sites for hydroxylation is 1. The first-order valence-electron chi connectivity index (χ1n) is 6.54. The first-order chi connectivity index (χ1) is 9.89. The fraction of sp³-hybridized carbons (Fsp3) is 0.312. The van der Waals surface area contributed by atoms with Crippen LogP contribution >= 0.6 is 0 Å². The Labute approximate surface area is 122 Å². The second-order valence-corrected chi connectivity index (χ2v) is 5.24. The van der Waals surface area contributed by atoms with Crippen LogP contribution in [0.15, 0.2) is 18.2 Å². The molecule has 0 saturated carbocycles. The van der Waals surface area contributed by atoms with Gasteiger partial charge in [-0.1, -0.05) is 0 Å². The minimum absolute atomic E-state index is 0.356. The maximum absolute atomic E-state index is 12.1. The van der Waals surface area contributed by atoms with Crippen LogP contribution in [0.25, 0.3) is 10.8 Å². The minimum atomic E-state index is -1.65. The molecule has 0 aromatic heterocycles. The van der Waals surface area contributed by atoms with E-state index in [4.69, 9.17) is 14.2 Å². The zero-order valence-corrected chi connectivity index (χ0v) is 12.3. The van der Waals surface area contributed by atoms with Crippen molar-refractivity contribution in [2.75, 3.05) is 14.2 Å². The largest absolute Gasteiger partial charge is 0.496 e. The molecule has 0 amide bonds. The third-order valence-electron chi connectivity index (χ3n) is 3.83. The summed E-state index contributed by atoms with van der Waals surface area (Å²) in [4.78, 5) is 12.1. The second-order valence-electron chi connectivity index (χ2n) is 5.24. The van der Waals surface area contributed by atoms with Crippen molar-refractivity contribution in [3.8, 4) is 11.5 Å². The molecule has 0 spiro atoms. The van der Waals surface area contributed by atoms with E-state index in [1.54, 1.807) is 26.4 Å². The van der Waals surface area contributed by atoms with Gasteiger partial charge in [0.2, 0.25) is 5.79 Å². The first kappa shape index (κ1) is 13.7. The lowest BCUT2D eigenvalue weighted by atomic mass is 9.94. The van der Waals surface area contributed by atoms with E-state index in [9.17, 15) is 9.90 Å². The van der Waals surface area contributed by atoms with E-state index in [2.05, 4.69) is 0 Å². The van der Waals surface area contributed by atoms with Crippen molar-refractivity contribution in [1.29, 1.82) is 0 Å². The lowest BCUT2D eigenvalue weighted by molar-refractivity contribution is -0.147.